The number of hydrogen-bond acceptors (Lipinski definition) is 2. The molecule has 0 bridgehead atoms. The highest BCUT2D eigenvalue weighted by Gasteiger charge is 2.05. The van der Waals surface area contributed by atoms with Gasteiger partial charge in [0.2, 0.25) is 0 Å². The molecule has 1 heterocycles. The summed E-state index contributed by atoms with van der Waals surface area (Å²) >= 11 is 0. The van der Waals surface area contributed by atoms with Gasteiger partial charge in [0, 0.05) is 12.3 Å². The van der Waals surface area contributed by atoms with Gasteiger partial charge in [0.05, 0.1) is 12.8 Å². The first-order valence-corrected chi connectivity index (χ1v) is 5.05. The molecule has 0 amide bonds. The summed E-state index contributed by atoms with van der Waals surface area (Å²) in [7, 11) is 1.60. The van der Waals surface area contributed by atoms with E-state index in [0.717, 1.165) is 11.3 Å². The van der Waals surface area contributed by atoms with Crippen molar-refractivity contribution in [3.05, 3.63) is 58.5 Å². The van der Waals surface area contributed by atoms with Gasteiger partial charge in [0.25, 0.3) is 5.56 Å². The third-order valence-electron chi connectivity index (χ3n) is 2.40. The van der Waals surface area contributed by atoms with Crippen LogP contribution < -0.4 is 10.3 Å². The molecule has 0 spiro atoms. The molecule has 0 fully saturated rings. The summed E-state index contributed by atoms with van der Waals surface area (Å²) in [5, 5.41) is 0. The summed E-state index contributed by atoms with van der Waals surface area (Å²) in [6.45, 7) is 1.95. The van der Waals surface area contributed by atoms with Crippen molar-refractivity contribution in [3.63, 3.8) is 0 Å². The first-order valence-electron chi connectivity index (χ1n) is 5.05. The van der Waals surface area contributed by atoms with Crippen molar-refractivity contribution in [2.75, 3.05) is 7.11 Å². The van der Waals surface area contributed by atoms with Crippen molar-refractivity contribution in [3.8, 4) is 11.4 Å². The fourth-order valence-corrected chi connectivity index (χ4v) is 1.61. The number of para-hydroxylation sites is 2. The van der Waals surface area contributed by atoms with Crippen LogP contribution in [0.2, 0.25) is 0 Å². The lowest BCUT2D eigenvalue weighted by Crippen LogP contribution is -2.17. The van der Waals surface area contributed by atoms with Crippen LogP contribution in [0.1, 0.15) is 5.56 Å². The molecule has 0 saturated carbocycles. The Kier molecular flexibility index (Phi) is 2.77. The topological polar surface area (TPSA) is 31.2 Å². The van der Waals surface area contributed by atoms with E-state index in [0.29, 0.717) is 5.75 Å². The maximum absolute atomic E-state index is 11.7. The number of benzene rings is 1. The molecule has 0 atom stereocenters. The van der Waals surface area contributed by atoms with Crippen LogP contribution in [0.25, 0.3) is 5.69 Å². The fraction of sp³-hybridized carbons (Fsp3) is 0.154. The van der Waals surface area contributed by atoms with Gasteiger partial charge >= 0.3 is 0 Å². The Morgan fingerprint density at radius 2 is 1.88 bits per heavy atom. The van der Waals surface area contributed by atoms with Gasteiger partial charge in [-0.1, -0.05) is 18.2 Å². The third-order valence-corrected chi connectivity index (χ3v) is 2.40. The molecular formula is C13H13NO2. The van der Waals surface area contributed by atoms with Gasteiger partial charge in [0.15, 0.2) is 0 Å². The summed E-state index contributed by atoms with van der Waals surface area (Å²) in [4.78, 5) is 11.7. The zero-order valence-corrected chi connectivity index (χ0v) is 9.31. The summed E-state index contributed by atoms with van der Waals surface area (Å²) in [5.41, 5.74) is 1.74. The summed E-state index contributed by atoms with van der Waals surface area (Å²) < 4.78 is 6.83. The van der Waals surface area contributed by atoms with E-state index in [1.807, 2.05) is 31.2 Å². The van der Waals surface area contributed by atoms with E-state index in [1.165, 1.54) is 0 Å². The van der Waals surface area contributed by atoms with E-state index in [4.69, 9.17) is 4.74 Å². The summed E-state index contributed by atoms with van der Waals surface area (Å²) in [5.74, 6) is 0.690. The largest absolute Gasteiger partial charge is 0.495 e. The van der Waals surface area contributed by atoms with Gasteiger partial charge in [-0.25, -0.2) is 0 Å². The second-order valence-electron chi connectivity index (χ2n) is 3.59. The van der Waals surface area contributed by atoms with E-state index < -0.39 is 0 Å². The van der Waals surface area contributed by atoms with Crippen LogP contribution in [0, 0.1) is 6.92 Å². The van der Waals surface area contributed by atoms with Gasteiger partial charge < -0.3 is 4.74 Å². The van der Waals surface area contributed by atoms with Gasteiger partial charge in [-0.05, 0) is 24.6 Å². The minimum atomic E-state index is -0.0601. The molecule has 2 aromatic rings. The van der Waals surface area contributed by atoms with Gasteiger partial charge in [-0.2, -0.15) is 0 Å². The number of methoxy groups -OCH3 is 1. The molecule has 0 aliphatic rings. The SMILES string of the molecule is COc1ccccc1-n1cc(C)ccc1=O. The molecule has 0 unspecified atom stereocenters. The van der Waals surface area contributed by atoms with Crippen molar-refractivity contribution >= 4 is 0 Å². The van der Waals surface area contributed by atoms with Crippen LogP contribution >= 0.6 is 0 Å². The van der Waals surface area contributed by atoms with Crippen LogP contribution in [0.15, 0.2) is 47.4 Å². The number of rotatable bonds is 2. The van der Waals surface area contributed by atoms with E-state index in [1.54, 1.807) is 30.0 Å². The second kappa shape index (κ2) is 4.23. The maximum atomic E-state index is 11.7. The highest BCUT2D eigenvalue weighted by Crippen LogP contribution is 2.20. The number of nitrogens with zero attached hydrogens (tertiary/aromatic N) is 1. The standard InChI is InChI=1S/C13H13NO2/c1-10-7-8-13(15)14(9-10)11-5-3-4-6-12(11)16-2/h3-9H,1-2H3. The third kappa shape index (κ3) is 1.84. The predicted molar refractivity (Wildman–Crippen MR) is 63.3 cm³/mol. The quantitative estimate of drug-likeness (QED) is 0.768. The first-order chi connectivity index (χ1) is 7.72. The highest BCUT2D eigenvalue weighted by atomic mass is 16.5. The summed E-state index contributed by atoms with van der Waals surface area (Å²) in [6, 6.07) is 10.8. The van der Waals surface area contributed by atoms with Crippen molar-refractivity contribution in [2.24, 2.45) is 0 Å². The Balaban J connectivity index is 2.67. The van der Waals surface area contributed by atoms with Crippen molar-refractivity contribution in [1.82, 2.24) is 4.57 Å². The smallest absolute Gasteiger partial charge is 0.255 e. The van der Waals surface area contributed by atoms with E-state index in [9.17, 15) is 4.79 Å². The maximum Gasteiger partial charge on any atom is 0.255 e. The van der Waals surface area contributed by atoms with Crippen LogP contribution in [0.4, 0.5) is 0 Å². The molecule has 82 valence electrons. The number of ether oxygens (including phenoxy) is 1. The second-order valence-corrected chi connectivity index (χ2v) is 3.59. The van der Waals surface area contributed by atoms with E-state index >= 15 is 0 Å². The van der Waals surface area contributed by atoms with Crippen molar-refractivity contribution in [2.45, 2.75) is 6.92 Å². The molecule has 0 N–H and O–H groups in total. The Bertz CT molecular complexity index is 558. The van der Waals surface area contributed by atoms with Gasteiger partial charge in [-0.3, -0.25) is 9.36 Å². The lowest BCUT2D eigenvalue weighted by atomic mass is 10.2. The predicted octanol–water partition coefficient (Wildman–Crippen LogP) is 2.15. The first kappa shape index (κ1) is 10.5. The molecule has 0 radical (unpaired) electrons. The molecule has 0 aliphatic carbocycles. The molecule has 3 heteroatoms. The number of hydrogen-bond donors (Lipinski definition) is 0. The Hall–Kier alpha value is -2.03. The van der Waals surface area contributed by atoms with E-state index in [-0.39, 0.29) is 5.56 Å². The highest BCUT2D eigenvalue weighted by molar-refractivity contribution is 5.46. The molecule has 1 aromatic carbocycles. The molecular weight excluding hydrogens is 202 g/mol. The number of aryl methyl sites for hydroxylation is 1. The van der Waals surface area contributed by atoms with Crippen LogP contribution in [-0.2, 0) is 0 Å². The minimum absolute atomic E-state index is 0.0601. The molecule has 16 heavy (non-hydrogen) atoms. The fourth-order valence-electron chi connectivity index (χ4n) is 1.61. The van der Waals surface area contributed by atoms with E-state index in [2.05, 4.69) is 0 Å². The average molecular weight is 215 g/mol. The zero-order chi connectivity index (χ0) is 11.5. The molecule has 3 nitrogen and oxygen atoms in total. The minimum Gasteiger partial charge on any atom is -0.495 e. The zero-order valence-electron chi connectivity index (χ0n) is 9.31. The Labute approximate surface area is 93.9 Å². The van der Waals surface area contributed by atoms with Gasteiger partial charge in [0.1, 0.15) is 5.75 Å². The molecule has 2 rings (SSSR count). The lowest BCUT2D eigenvalue weighted by molar-refractivity contribution is 0.412. The molecule has 1 aromatic heterocycles. The summed E-state index contributed by atoms with van der Waals surface area (Å²) in [6.07, 6.45) is 1.81. The van der Waals surface area contributed by atoms with Crippen LogP contribution in [-0.4, -0.2) is 11.7 Å². The van der Waals surface area contributed by atoms with Crippen LogP contribution in [0.5, 0.6) is 5.75 Å². The number of aromatic nitrogens is 1. The van der Waals surface area contributed by atoms with Gasteiger partial charge in [-0.15, -0.1) is 0 Å². The average Bonchev–Trinajstić information content (AvgIpc) is 2.32. The molecule has 0 saturated heterocycles. The molecule has 0 aliphatic heterocycles. The Morgan fingerprint density at radius 1 is 1.12 bits per heavy atom. The van der Waals surface area contributed by atoms with Crippen molar-refractivity contribution in [1.29, 1.82) is 0 Å². The normalized spacial score (nSPS) is 10.1. The lowest BCUT2D eigenvalue weighted by Gasteiger charge is -2.10. The van der Waals surface area contributed by atoms with Crippen LogP contribution in [0.3, 0.4) is 0 Å². The van der Waals surface area contributed by atoms with Crippen molar-refractivity contribution < 1.29 is 4.74 Å². The Morgan fingerprint density at radius 3 is 2.62 bits per heavy atom. The number of pyridine rings is 1. The monoisotopic (exact) mass is 215 g/mol.